The number of nitrogens with one attached hydrogen (secondary N) is 2. The lowest BCUT2D eigenvalue weighted by Gasteiger charge is -2.62. The van der Waals surface area contributed by atoms with Crippen LogP contribution < -0.4 is 26.0 Å². The van der Waals surface area contributed by atoms with Crippen LogP contribution in [0.2, 0.25) is 0 Å². The van der Waals surface area contributed by atoms with Crippen molar-refractivity contribution in [2.75, 3.05) is 53.3 Å². The van der Waals surface area contributed by atoms with E-state index < -0.39 is 24.2 Å². The van der Waals surface area contributed by atoms with Gasteiger partial charge in [0.25, 0.3) is 5.91 Å². The van der Waals surface area contributed by atoms with Gasteiger partial charge in [0.1, 0.15) is 11.8 Å². The van der Waals surface area contributed by atoms with Crippen molar-refractivity contribution in [3.8, 4) is 16.9 Å². The normalized spacial score (nSPS) is 27.6. The molecule has 2 aromatic rings. The minimum atomic E-state index is -0.817. The molecule has 1 heterocycles. The third-order valence-electron chi connectivity index (χ3n) is 12.5. The Morgan fingerprint density at radius 3 is 2.39 bits per heavy atom. The first kappa shape index (κ1) is 41.9. The molecule has 0 radical (unpaired) electrons. The number of nitrogens with zero attached hydrogens (tertiary/aromatic N) is 3. The molecule has 6 rings (SSSR count). The number of anilines is 1. The quantitative estimate of drug-likeness (QED) is 0.207. The van der Waals surface area contributed by atoms with E-state index in [1.807, 2.05) is 63.4 Å². The number of carbonyl (C=O) groups excluding carboxylic acids is 2. The predicted molar refractivity (Wildman–Crippen MR) is 216 cm³/mol. The summed E-state index contributed by atoms with van der Waals surface area (Å²) in [6, 6.07) is 11.1. The van der Waals surface area contributed by atoms with Gasteiger partial charge in [-0.05, 0) is 92.6 Å². The van der Waals surface area contributed by atoms with Crippen LogP contribution in [-0.2, 0) is 16.2 Å². The van der Waals surface area contributed by atoms with Gasteiger partial charge in [-0.15, -0.1) is 0 Å². The highest BCUT2D eigenvalue weighted by Crippen LogP contribution is 2.61. The number of aliphatic hydroxyl groups excluding tert-OH is 1. The molecule has 2 amide bonds. The van der Waals surface area contributed by atoms with Crippen molar-refractivity contribution in [1.29, 1.82) is 0 Å². The largest absolute Gasteiger partial charge is 0.496 e. The zero-order chi connectivity index (χ0) is 39.9. The molecule has 3 saturated carbocycles. The number of hydroxylamine groups is 2. The fourth-order valence-corrected chi connectivity index (χ4v) is 9.64. The highest BCUT2D eigenvalue weighted by Gasteiger charge is 2.57. The van der Waals surface area contributed by atoms with Gasteiger partial charge in [-0.25, -0.2) is 0 Å². The standard InChI is InChI=1S/C43H68N6O5/c1-25-34-19-30(43(34,6)7)20-35(25)46-41(52)38-37(26(2)50)36(22-44)54-49(38)23-27-14-13-15-33(39(27)53-12)28-16-29(18-32(17-28)48(10)11)40(51)45-31(24-47(8)9)21-42(3,4)5/h13-18,25-26,30-31,34-38,50H,19-24,44H2,1-12H3,(H,45,51)(H,46,52)/t25-,26-,30+,31-,34-,35?,36-,37+,38-/m0/s1. The number of para-hydroxylation sites is 1. The number of benzene rings is 2. The molecule has 0 spiro atoms. The second-order valence-electron chi connectivity index (χ2n) is 18.6. The Balaban J connectivity index is 1.45. The van der Waals surface area contributed by atoms with Gasteiger partial charge in [0.15, 0.2) is 0 Å². The number of fused-ring (bicyclic) bond motifs is 2. The number of rotatable bonds is 14. The summed E-state index contributed by atoms with van der Waals surface area (Å²) in [5, 5.41) is 19.4. The first-order valence-electron chi connectivity index (χ1n) is 19.8. The molecule has 1 unspecified atom stereocenters. The Bertz CT molecular complexity index is 1640. The van der Waals surface area contributed by atoms with E-state index in [4.69, 9.17) is 15.3 Å². The van der Waals surface area contributed by atoms with Gasteiger partial charge in [-0.1, -0.05) is 59.7 Å². The van der Waals surface area contributed by atoms with Crippen LogP contribution in [0.5, 0.6) is 5.75 Å². The molecule has 11 heteroatoms. The van der Waals surface area contributed by atoms with Crippen LogP contribution in [-0.4, -0.2) is 106 Å². The predicted octanol–water partition coefficient (Wildman–Crippen LogP) is 5.15. The number of likely N-dealkylation sites (N-methyl/N-ethyl adjacent to an activating group) is 1. The van der Waals surface area contributed by atoms with E-state index >= 15 is 0 Å². The van der Waals surface area contributed by atoms with Gasteiger partial charge < -0.3 is 36.0 Å². The van der Waals surface area contributed by atoms with E-state index in [-0.39, 0.29) is 42.4 Å². The number of carbonyl (C=O) groups is 2. The van der Waals surface area contributed by atoms with Crippen molar-refractivity contribution in [2.45, 2.75) is 105 Å². The van der Waals surface area contributed by atoms with Crippen molar-refractivity contribution >= 4 is 17.5 Å². The second kappa shape index (κ2) is 16.5. The van der Waals surface area contributed by atoms with E-state index in [1.54, 1.807) is 19.1 Å². The Morgan fingerprint density at radius 2 is 1.83 bits per heavy atom. The summed E-state index contributed by atoms with van der Waals surface area (Å²) in [6.45, 7) is 16.4. The van der Waals surface area contributed by atoms with Gasteiger partial charge in [-0.2, -0.15) is 5.06 Å². The molecule has 54 heavy (non-hydrogen) atoms. The number of hydrogen-bond acceptors (Lipinski definition) is 9. The van der Waals surface area contributed by atoms with Crippen LogP contribution in [0.1, 0.15) is 83.7 Å². The topological polar surface area (TPSA) is 133 Å². The van der Waals surface area contributed by atoms with Crippen LogP contribution in [0.4, 0.5) is 5.69 Å². The first-order chi connectivity index (χ1) is 25.2. The molecule has 1 aliphatic heterocycles. The maximum absolute atomic E-state index is 14.3. The Kier molecular flexibility index (Phi) is 12.8. The van der Waals surface area contributed by atoms with Crippen LogP contribution in [0, 0.1) is 34.5 Å². The average Bonchev–Trinajstić information content (AvgIpc) is 3.46. The minimum Gasteiger partial charge on any atom is -0.496 e. The third kappa shape index (κ3) is 8.91. The molecule has 3 aliphatic carbocycles. The van der Waals surface area contributed by atoms with Crippen LogP contribution in [0.15, 0.2) is 36.4 Å². The summed E-state index contributed by atoms with van der Waals surface area (Å²) in [7, 11) is 9.60. The minimum absolute atomic E-state index is 0.0240. The zero-order valence-electron chi connectivity index (χ0n) is 34.9. The van der Waals surface area contributed by atoms with Crippen molar-refractivity contribution in [3.63, 3.8) is 0 Å². The molecular weight excluding hydrogens is 681 g/mol. The van der Waals surface area contributed by atoms with Crippen LogP contribution in [0.25, 0.3) is 11.1 Å². The Labute approximate surface area is 324 Å². The number of nitrogens with two attached hydrogens (primary N) is 1. The fraction of sp³-hybridized carbons (Fsp3) is 0.674. The van der Waals surface area contributed by atoms with E-state index in [0.717, 1.165) is 41.8 Å². The highest BCUT2D eigenvalue weighted by molar-refractivity contribution is 5.97. The molecule has 5 N–H and O–H groups in total. The molecule has 2 aromatic carbocycles. The molecule has 1 saturated heterocycles. The summed E-state index contributed by atoms with van der Waals surface area (Å²) in [4.78, 5) is 38.7. The monoisotopic (exact) mass is 749 g/mol. The summed E-state index contributed by atoms with van der Waals surface area (Å²) < 4.78 is 6.12. The third-order valence-corrected chi connectivity index (χ3v) is 12.5. The van der Waals surface area contributed by atoms with Crippen molar-refractivity contribution in [2.24, 2.45) is 40.2 Å². The van der Waals surface area contributed by atoms with Gasteiger partial charge in [0.2, 0.25) is 5.91 Å². The molecule has 0 aromatic heterocycles. The van der Waals surface area contributed by atoms with E-state index in [9.17, 15) is 14.7 Å². The van der Waals surface area contributed by atoms with Gasteiger partial charge in [0.05, 0.1) is 25.9 Å². The van der Waals surface area contributed by atoms with E-state index in [0.29, 0.717) is 34.5 Å². The van der Waals surface area contributed by atoms with E-state index in [1.165, 1.54) is 6.42 Å². The summed E-state index contributed by atoms with van der Waals surface area (Å²) in [5.74, 6) is 1.37. The molecule has 4 aliphatic rings. The van der Waals surface area contributed by atoms with Gasteiger partial charge >= 0.3 is 0 Å². The number of hydrogen-bond donors (Lipinski definition) is 4. The Morgan fingerprint density at radius 1 is 1.13 bits per heavy atom. The maximum Gasteiger partial charge on any atom is 0.251 e. The van der Waals surface area contributed by atoms with E-state index in [2.05, 4.69) is 63.1 Å². The molecular formula is C43H68N6O5. The lowest BCUT2D eigenvalue weighted by atomic mass is 9.45. The summed E-state index contributed by atoms with van der Waals surface area (Å²) in [5.41, 5.74) is 10.4. The van der Waals surface area contributed by atoms with Crippen molar-refractivity contribution in [3.05, 3.63) is 47.5 Å². The SMILES string of the molecule is COc1c(CN2O[C@@H](CN)[C@@H]([C@H](C)O)[C@H]2C(=O)NC2C[C@H]3C[C@@H]([C@@H]2C)C3(C)C)cccc1-c1cc(C(=O)N[C@H](CN(C)C)CC(C)(C)C)cc(N(C)C)c1. The molecule has 4 fully saturated rings. The molecule has 9 atom stereocenters. The van der Waals surface area contributed by atoms with Gasteiger partial charge in [-0.3, -0.25) is 14.4 Å². The lowest BCUT2D eigenvalue weighted by Crippen LogP contribution is -2.62. The number of methoxy groups -OCH3 is 1. The molecule has 2 bridgehead atoms. The fourth-order valence-electron chi connectivity index (χ4n) is 9.64. The molecule has 11 nitrogen and oxygen atoms in total. The van der Waals surface area contributed by atoms with Crippen molar-refractivity contribution in [1.82, 2.24) is 20.6 Å². The number of ether oxygens (including phenoxy) is 1. The zero-order valence-corrected chi connectivity index (χ0v) is 34.9. The van der Waals surface area contributed by atoms with Gasteiger partial charge in [0, 0.05) is 67.6 Å². The summed E-state index contributed by atoms with van der Waals surface area (Å²) >= 11 is 0. The smallest absolute Gasteiger partial charge is 0.251 e. The Hall–Kier alpha value is -3.22. The number of amides is 2. The number of aliphatic hydroxyl groups is 1. The van der Waals surface area contributed by atoms with Crippen LogP contribution >= 0.6 is 0 Å². The lowest BCUT2D eigenvalue weighted by molar-refractivity contribution is -0.175. The maximum atomic E-state index is 14.3. The first-order valence-corrected chi connectivity index (χ1v) is 19.8. The highest BCUT2D eigenvalue weighted by atomic mass is 16.7. The average molecular weight is 749 g/mol. The second-order valence-corrected chi connectivity index (χ2v) is 18.6. The van der Waals surface area contributed by atoms with Crippen molar-refractivity contribution < 1.29 is 24.3 Å². The summed E-state index contributed by atoms with van der Waals surface area (Å²) in [6.07, 6.45) is 1.67. The van der Waals surface area contributed by atoms with Crippen LogP contribution in [0.3, 0.4) is 0 Å². The molecule has 300 valence electrons.